The van der Waals surface area contributed by atoms with Gasteiger partial charge in [0.1, 0.15) is 4.32 Å². The van der Waals surface area contributed by atoms with E-state index in [-0.39, 0.29) is 24.8 Å². The van der Waals surface area contributed by atoms with Gasteiger partial charge in [0.25, 0.3) is 5.91 Å². The van der Waals surface area contributed by atoms with Crippen molar-refractivity contribution in [1.82, 2.24) is 4.90 Å². The molecule has 0 saturated carbocycles. The van der Waals surface area contributed by atoms with E-state index >= 15 is 0 Å². The smallest absolute Gasteiger partial charge is 0.307 e. The van der Waals surface area contributed by atoms with Gasteiger partial charge in [-0.3, -0.25) is 14.5 Å². The molecule has 122 valence electrons. The molecule has 1 amide bonds. The Bertz CT molecular complexity index is 660. The van der Waals surface area contributed by atoms with Crippen LogP contribution < -0.4 is 0 Å². The van der Waals surface area contributed by atoms with Crippen LogP contribution in [-0.4, -0.2) is 34.2 Å². The van der Waals surface area contributed by atoms with E-state index in [1.165, 1.54) is 16.7 Å². The Balaban J connectivity index is 2.01. The van der Waals surface area contributed by atoms with Crippen LogP contribution in [0.1, 0.15) is 25.3 Å². The molecule has 0 spiro atoms. The molecule has 0 unspecified atom stereocenters. The quantitative estimate of drug-likeness (QED) is 0.400. The molecule has 1 aromatic carbocycles. The number of nitrogens with zero attached hydrogens (tertiary/aromatic N) is 1. The summed E-state index contributed by atoms with van der Waals surface area (Å²) in [4.78, 5) is 26.0. The molecule has 0 radical (unpaired) electrons. The van der Waals surface area contributed by atoms with Crippen molar-refractivity contribution in [3.8, 4) is 0 Å². The first kappa shape index (κ1) is 18.2. The van der Waals surface area contributed by atoms with Crippen LogP contribution in [0, 0.1) is 0 Å². The maximum atomic E-state index is 12.4. The molecule has 0 N–H and O–H groups in total. The van der Waals surface area contributed by atoms with Gasteiger partial charge in [0, 0.05) is 11.0 Å². The highest BCUT2D eigenvalue weighted by atomic mass is 79.9. The van der Waals surface area contributed by atoms with E-state index < -0.39 is 0 Å². The highest BCUT2D eigenvalue weighted by Crippen LogP contribution is 2.32. The van der Waals surface area contributed by atoms with Crippen molar-refractivity contribution in [2.75, 3.05) is 13.2 Å². The largest absolute Gasteiger partial charge is 0.466 e. The number of carbonyl (C=O) groups is 2. The van der Waals surface area contributed by atoms with E-state index in [1.807, 2.05) is 31.2 Å². The van der Waals surface area contributed by atoms with E-state index in [1.54, 1.807) is 6.08 Å². The topological polar surface area (TPSA) is 46.6 Å². The molecule has 0 aliphatic carbocycles. The first-order valence-corrected chi connectivity index (χ1v) is 9.19. The van der Waals surface area contributed by atoms with Crippen LogP contribution in [0.3, 0.4) is 0 Å². The van der Waals surface area contributed by atoms with Crippen molar-refractivity contribution < 1.29 is 14.3 Å². The molecule has 7 heteroatoms. The molecule has 1 aliphatic heterocycles. The fraction of sp³-hybridized carbons (Fsp3) is 0.312. The molecule has 1 saturated heterocycles. The zero-order valence-corrected chi connectivity index (χ0v) is 15.8. The third kappa shape index (κ3) is 5.16. The van der Waals surface area contributed by atoms with Gasteiger partial charge in [-0.05, 0) is 30.2 Å². The van der Waals surface area contributed by atoms with Crippen LogP contribution in [0.25, 0.3) is 6.08 Å². The molecular formula is C16H16BrNO3S2. The number of thioether (sulfide) groups is 1. The Morgan fingerprint density at radius 1 is 1.48 bits per heavy atom. The van der Waals surface area contributed by atoms with E-state index in [0.717, 1.165) is 16.5 Å². The summed E-state index contributed by atoms with van der Waals surface area (Å²) < 4.78 is 6.43. The predicted molar refractivity (Wildman–Crippen MR) is 99.9 cm³/mol. The second-order valence-electron chi connectivity index (χ2n) is 4.86. The molecule has 0 aromatic heterocycles. The predicted octanol–water partition coefficient (Wildman–Crippen LogP) is 3.99. The lowest BCUT2D eigenvalue weighted by Crippen LogP contribution is -2.30. The lowest BCUT2D eigenvalue weighted by molar-refractivity contribution is -0.143. The monoisotopic (exact) mass is 413 g/mol. The van der Waals surface area contributed by atoms with Gasteiger partial charge in [-0.1, -0.05) is 59.0 Å². The highest BCUT2D eigenvalue weighted by Gasteiger charge is 2.32. The summed E-state index contributed by atoms with van der Waals surface area (Å²) in [5, 5.41) is 0. The van der Waals surface area contributed by atoms with Crippen molar-refractivity contribution in [2.45, 2.75) is 19.8 Å². The summed E-state index contributed by atoms with van der Waals surface area (Å²) in [6.07, 6.45) is 2.73. The molecule has 0 atom stereocenters. The third-order valence-corrected chi connectivity index (χ3v) is 4.90. The van der Waals surface area contributed by atoms with Crippen LogP contribution in [0.5, 0.6) is 0 Å². The number of benzene rings is 1. The maximum Gasteiger partial charge on any atom is 0.307 e. The SMILES string of the molecule is CCCOC(=O)CCN1C(=O)/C(=C/c2cccc(Br)c2)SC1=S. The molecule has 2 rings (SSSR count). The average molecular weight is 414 g/mol. The third-order valence-electron chi connectivity index (χ3n) is 3.03. The zero-order valence-electron chi connectivity index (χ0n) is 12.6. The Morgan fingerprint density at radius 3 is 2.96 bits per heavy atom. The molecule has 0 bridgehead atoms. The van der Waals surface area contributed by atoms with Gasteiger partial charge >= 0.3 is 5.97 Å². The maximum absolute atomic E-state index is 12.4. The molecule has 1 aliphatic rings. The second kappa shape index (κ2) is 8.61. The summed E-state index contributed by atoms with van der Waals surface area (Å²) in [5.74, 6) is -0.472. The molecule has 23 heavy (non-hydrogen) atoms. The van der Waals surface area contributed by atoms with Crippen molar-refractivity contribution >= 4 is 62.2 Å². The number of hydrogen-bond acceptors (Lipinski definition) is 5. The van der Waals surface area contributed by atoms with E-state index in [0.29, 0.717) is 15.8 Å². The normalized spacial score (nSPS) is 16.3. The Labute approximate surface area is 153 Å². The zero-order chi connectivity index (χ0) is 16.8. The number of ether oxygens (including phenoxy) is 1. The van der Waals surface area contributed by atoms with Gasteiger partial charge in [0.05, 0.1) is 17.9 Å². The standard InChI is InChI=1S/C16H16BrNO3S2/c1-2-8-21-14(19)6-7-18-15(20)13(23-16(18)22)10-11-4-3-5-12(17)9-11/h3-5,9-10H,2,6-8H2,1H3/b13-10-. The number of halogens is 1. The minimum atomic E-state index is -0.308. The Morgan fingerprint density at radius 2 is 2.26 bits per heavy atom. The molecule has 1 fully saturated rings. The van der Waals surface area contributed by atoms with Gasteiger partial charge in [-0.25, -0.2) is 0 Å². The number of thiocarbonyl (C=S) groups is 1. The molecule has 4 nitrogen and oxygen atoms in total. The van der Waals surface area contributed by atoms with Crippen molar-refractivity contribution in [3.63, 3.8) is 0 Å². The van der Waals surface area contributed by atoms with Gasteiger partial charge in [0.2, 0.25) is 0 Å². The van der Waals surface area contributed by atoms with Gasteiger partial charge in [-0.15, -0.1) is 0 Å². The Kier molecular flexibility index (Phi) is 6.80. The van der Waals surface area contributed by atoms with Crippen molar-refractivity contribution in [2.24, 2.45) is 0 Å². The van der Waals surface area contributed by atoms with Crippen molar-refractivity contribution in [3.05, 3.63) is 39.2 Å². The van der Waals surface area contributed by atoms with Crippen molar-refractivity contribution in [1.29, 1.82) is 0 Å². The fourth-order valence-electron chi connectivity index (χ4n) is 1.93. The van der Waals surface area contributed by atoms with Gasteiger partial charge < -0.3 is 4.74 Å². The van der Waals surface area contributed by atoms with Crippen LogP contribution in [-0.2, 0) is 14.3 Å². The summed E-state index contributed by atoms with van der Waals surface area (Å²) >= 11 is 9.90. The van der Waals surface area contributed by atoms with Crippen LogP contribution in [0.15, 0.2) is 33.6 Å². The summed E-state index contributed by atoms with van der Waals surface area (Å²) in [6.45, 7) is 2.59. The number of rotatable bonds is 6. The summed E-state index contributed by atoms with van der Waals surface area (Å²) in [6, 6.07) is 7.67. The summed E-state index contributed by atoms with van der Waals surface area (Å²) in [7, 11) is 0. The highest BCUT2D eigenvalue weighted by molar-refractivity contribution is 9.10. The first-order valence-electron chi connectivity index (χ1n) is 7.18. The molecule has 1 heterocycles. The van der Waals surface area contributed by atoms with Gasteiger partial charge in [-0.2, -0.15) is 0 Å². The second-order valence-corrected chi connectivity index (χ2v) is 7.45. The lowest BCUT2D eigenvalue weighted by Gasteiger charge is -2.13. The number of esters is 1. The van der Waals surface area contributed by atoms with E-state index in [4.69, 9.17) is 17.0 Å². The minimum Gasteiger partial charge on any atom is -0.466 e. The lowest BCUT2D eigenvalue weighted by atomic mass is 10.2. The van der Waals surface area contributed by atoms with E-state index in [2.05, 4.69) is 15.9 Å². The number of amides is 1. The van der Waals surface area contributed by atoms with Crippen LogP contribution in [0.4, 0.5) is 0 Å². The molecule has 1 aromatic rings. The first-order chi connectivity index (χ1) is 11.0. The minimum absolute atomic E-state index is 0.149. The average Bonchev–Trinajstić information content (AvgIpc) is 2.77. The van der Waals surface area contributed by atoms with Crippen LogP contribution in [0.2, 0.25) is 0 Å². The Hall–Kier alpha value is -1.18. The fourth-order valence-corrected chi connectivity index (χ4v) is 3.66. The van der Waals surface area contributed by atoms with Crippen LogP contribution >= 0.6 is 39.9 Å². The number of carbonyl (C=O) groups excluding carboxylic acids is 2. The van der Waals surface area contributed by atoms with E-state index in [9.17, 15) is 9.59 Å². The molecular weight excluding hydrogens is 398 g/mol. The van der Waals surface area contributed by atoms with Gasteiger partial charge in [0.15, 0.2) is 0 Å². The number of hydrogen-bond donors (Lipinski definition) is 0. The summed E-state index contributed by atoms with van der Waals surface area (Å²) in [5.41, 5.74) is 0.919.